The molecule has 16 heavy (non-hydrogen) atoms. The normalized spacial score (nSPS) is 32.1. The number of likely N-dealkylation sites (N-methyl/N-ethyl adjacent to an activating group) is 1. The Hall–Kier alpha value is -0.120. The van der Waals surface area contributed by atoms with Gasteiger partial charge in [-0.2, -0.15) is 0 Å². The third-order valence-corrected chi connectivity index (χ3v) is 4.40. The van der Waals surface area contributed by atoms with Gasteiger partial charge in [-0.25, -0.2) is 0 Å². The summed E-state index contributed by atoms with van der Waals surface area (Å²) in [6.45, 7) is 10.1. The molecule has 2 saturated heterocycles. The van der Waals surface area contributed by atoms with Gasteiger partial charge in [-0.05, 0) is 52.9 Å². The van der Waals surface area contributed by atoms with Crippen LogP contribution in [0.15, 0.2) is 0 Å². The van der Waals surface area contributed by atoms with Crippen molar-refractivity contribution in [1.82, 2.24) is 14.7 Å². The highest BCUT2D eigenvalue weighted by molar-refractivity contribution is 4.80. The molecule has 0 aromatic rings. The van der Waals surface area contributed by atoms with E-state index in [0.29, 0.717) is 0 Å². The minimum Gasteiger partial charge on any atom is -0.306 e. The molecule has 0 unspecified atom stereocenters. The number of hydrogen-bond acceptors (Lipinski definition) is 3. The molecular weight excluding hydrogens is 198 g/mol. The quantitative estimate of drug-likeness (QED) is 0.693. The fourth-order valence-corrected chi connectivity index (χ4v) is 2.90. The molecule has 2 heterocycles. The molecule has 3 nitrogen and oxygen atoms in total. The maximum atomic E-state index is 2.68. The number of piperazine rings is 1. The van der Waals surface area contributed by atoms with Gasteiger partial charge in [0.15, 0.2) is 0 Å². The Morgan fingerprint density at radius 1 is 1.00 bits per heavy atom. The third-order valence-electron chi connectivity index (χ3n) is 4.40. The summed E-state index contributed by atoms with van der Waals surface area (Å²) >= 11 is 0. The molecule has 0 aromatic carbocycles. The topological polar surface area (TPSA) is 9.72 Å². The van der Waals surface area contributed by atoms with Gasteiger partial charge in [0.25, 0.3) is 0 Å². The summed E-state index contributed by atoms with van der Waals surface area (Å²) in [6, 6.07) is 0.736. The summed E-state index contributed by atoms with van der Waals surface area (Å²) in [6.07, 6.45) is 2.80. The van der Waals surface area contributed by atoms with Crippen molar-refractivity contribution in [1.29, 1.82) is 0 Å². The van der Waals surface area contributed by atoms with Gasteiger partial charge in [0.1, 0.15) is 0 Å². The molecule has 0 amide bonds. The van der Waals surface area contributed by atoms with Gasteiger partial charge in [-0.3, -0.25) is 0 Å². The average molecular weight is 225 g/mol. The zero-order valence-electron chi connectivity index (χ0n) is 11.2. The van der Waals surface area contributed by atoms with Crippen LogP contribution in [0, 0.1) is 5.92 Å². The summed E-state index contributed by atoms with van der Waals surface area (Å²) in [5.74, 6) is 0.951. The van der Waals surface area contributed by atoms with Crippen LogP contribution in [-0.2, 0) is 0 Å². The molecular formula is C13H27N3. The smallest absolute Gasteiger partial charge is 0.0192 e. The fraction of sp³-hybridized carbons (Fsp3) is 1.00. The van der Waals surface area contributed by atoms with Crippen LogP contribution in [0.2, 0.25) is 0 Å². The SMILES string of the molecule is C[C@H]1CN(CC2CCN(C)CC2)CCN1C. The lowest BCUT2D eigenvalue weighted by molar-refractivity contribution is 0.0793. The number of piperidine rings is 1. The number of hydrogen-bond donors (Lipinski definition) is 0. The maximum absolute atomic E-state index is 2.68. The molecule has 2 aliphatic rings. The van der Waals surface area contributed by atoms with Crippen molar-refractivity contribution < 1.29 is 0 Å². The lowest BCUT2D eigenvalue weighted by Crippen LogP contribution is -2.51. The van der Waals surface area contributed by atoms with E-state index in [1.165, 1.54) is 52.1 Å². The molecule has 2 aliphatic heterocycles. The van der Waals surface area contributed by atoms with E-state index in [4.69, 9.17) is 0 Å². The van der Waals surface area contributed by atoms with Crippen LogP contribution in [0.4, 0.5) is 0 Å². The first-order chi connectivity index (χ1) is 7.65. The van der Waals surface area contributed by atoms with Gasteiger partial charge in [-0.15, -0.1) is 0 Å². The molecule has 2 rings (SSSR count). The highest BCUT2D eigenvalue weighted by atomic mass is 15.3. The Kier molecular flexibility index (Phi) is 4.22. The van der Waals surface area contributed by atoms with Crippen molar-refractivity contribution in [3.63, 3.8) is 0 Å². The Morgan fingerprint density at radius 3 is 2.31 bits per heavy atom. The van der Waals surface area contributed by atoms with E-state index in [-0.39, 0.29) is 0 Å². The molecule has 0 spiro atoms. The van der Waals surface area contributed by atoms with E-state index in [9.17, 15) is 0 Å². The van der Waals surface area contributed by atoms with Gasteiger partial charge < -0.3 is 14.7 Å². The highest BCUT2D eigenvalue weighted by Crippen LogP contribution is 2.18. The molecule has 0 aliphatic carbocycles. The van der Waals surface area contributed by atoms with Gasteiger partial charge >= 0.3 is 0 Å². The van der Waals surface area contributed by atoms with Gasteiger partial charge in [0, 0.05) is 32.2 Å². The van der Waals surface area contributed by atoms with Gasteiger partial charge in [-0.1, -0.05) is 0 Å². The number of likely N-dealkylation sites (tertiary alicyclic amines) is 1. The Balaban J connectivity index is 1.73. The minimum atomic E-state index is 0.736. The van der Waals surface area contributed by atoms with Crippen LogP contribution in [0.5, 0.6) is 0 Å². The highest BCUT2D eigenvalue weighted by Gasteiger charge is 2.24. The van der Waals surface area contributed by atoms with E-state index in [1.54, 1.807) is 0 Å². The largest absolute Gasteiger partial charge is 0.306 e. The lowest BCUT2D eigenvalue weighted by Gasteiger charge is -2.40. The van der Waals surface area contributed by atoms with E-state index in [0.717, 1.165) is 12.0 Å². The number of nitrogens with zero attached hydrogens (tertiary/aromatic N) is 3. The second kappa shape index (κ2) is 5.48. The first kappa shape index (κ1) is 12.3. The van der Waals surface area contributed by atoms with Crippen LogP contribution < -0.4 is 0 Å². The van der Waals surface area contributed by atoms with Crippen LogP contribution in [0.25, 0.3) is 0 Å². The van der Waals surface area contributed by atoms with Gasteiger partial charge in [0.05, 0.1) is 0 Å². The molecule has 1 atom stereocenters. The van der Waals surface area contributed by atoms with Crippen LogP contribution >= 0.6 is 0 Å². The predicted octanol–water partition coefficient (Wildman–Crippen LogP) is 0.964. The lowest BCUT2D eigenvalue weighted by atomic mass is 9.96. The van der Waals surface area contributed by atoms with Gasteiger partial charge in [0.2, 0.25) is 0 Å². The molecule has 0 saturated carbocycles. The van der Waals surface area contributed by atoms with Crippen LogP contribution in [0.1, 0.15) is 19.8 Å². The Morgan fingerprint density at radius 2 is 1.69 bits per heavy atom. The summed E-state index contributed by atoms with van der Waals surface area (Å²) in [4.78, 5) is 7.62. The van der Waals surface area contributed by atoms with E-state index >= 15 is 0 Å². The monoisotopic (exact) mass is 225 g/mol. The van der Waals surface area contributed by atoms with Crippen molar-refractivity contribution in [3.05, 3.63) is 0 Å². The standard InChI is InChI=1S/C13H27N3/c1-12-10-16(9-8-15(12)3)11-13-4-6-14(2)7-5-13/h12-13H,4-11H2,1-3H3/t12-/m0/s1. The second-order valence-electron chi connectivity index (χ2n) is 5.84. The summed E-state index contributed by atoms with van der Waals surface area (Å²) in [5.41, 5.74) is 0. The van der Waals surface area contributed by atoms with Crippen LogP contribution in [0.3, 0.4) is 0 Å². The molecule has 3 heteroatoms. The molecule has 2 fully saturated rings. The molecule has 0 aromatic heterocycles. The molecule has 0 bridgehead atoms. The van der Waals surface area contributed by atoms with E-state index in [1.807, 2.05) is 0 Å². The molecule has 94 valence electrons. The van der Waals surface area contributed by atoms with Crippen LogP contribution in [-0.4, -0.2) is 74.1 Å². The molecule has 0 radical (unpaired) electrons. The van der Waals surface area contributed by atoms with Crippen molar-refractivity contribution in [3.8, 4) is 0 Å². The predicted molar refractivity (Wildman–Crippen MR) is 68.8 cm³/mol. The Labute approximate surface area is 100 Å². The zero-order chi connectivity index (χ0) is 11.5. The zero-order valence-corrected chi connectivity index (χ0v) is 11.2. The van der Waals surface area contributed by atoms with Crippen molar-refractivity contribution in [2.24, 2.45) is 5.92 Å². The summed E-state index contributed by atoms with van der Waals surface area (Å²) < 4.78 is 0. The first-order valence-corrected chi connectivity index (χ1v) is 6.76. The third kappa shape index (κ3) is 3.19. The average Bonchev–Trinajstić information content (AvgIpc) is 2.27. The first-order valence-electron chi connectivity index (χ1n) is 6.76. The van der Waals surface area contributed by atoms with E-state index in [2.05, 4.69) is 35.7 Å². The fourth-order valence-electron chi connectivity index (χ4n) is 2.90. The van der Waals surface area contributed by atoms with Crippen molar-refractivity contribution in [2.75, 3.05) is 53.4 Å². The summed E-state index contributed by atoms with van der Waals surface area (Å²) in [7, 11) is 4.49. The minimum absolute atomic E-state index is 0.736. The van der Waals surface area contributed by atoms with Crippen molar-refractivity contribution >= 4 is 0 Å². The maximum Gasteiger partial charge on any atom is 0.0192 e. The van der Waals surface area contributed by atoms with Crippen molar-refractivity contribution in [2.45, 2.75) is 25.8 Å². The summed E-state index contributed by atoms with van der Waals surface area (Å²) in [5, 5.41) is 0. The Bertz CT molecular complexity index is 211. The van der Waals surface area contributed by atoms with E-state index < -0.39 is 0 Å². The number of rotatable bonds is 2. The second-order valence-corrected chi connectivity index (χ2v) is 5.84. The molecule has 0 N–H and O–H groups in total.